The third-order valence-electron chi connectivity index (χ3n) is 3.00. The van der Waals surface area contributed by atoms with E-state index >= 15 is 0 Å². The van der Waals surface area contributed by atoms with Gasteiger partial charge < -0.3 is 0 Å². The molecule has 0 fully saturated rings. The molecule has 0 bridgehead atoms. The zero-order valence-electron chi connectivity index (χ0n) is 11.0. The summed E-state index contributed by atoms with van der Waals surface area (Å²) in [6.45, 7) is 0. The van der Waals surface area contributed by atoms with Crippen LogP contribution in [0.3, 0.4) is 0 Å². The first-order valence-corrected chi connectivity index (χ1v) is 7.81. The van der Waals surface area contributed by atoms with E-state index in [-0.39, 0.29) is 10.8 Å². The molecule has 0 aliphatic heterocycles. The van der Waals surface area contributed by atoms with Crippen molar-refractivity contribution < 1.29 is 9.18 Å². The van der Waals surface area contributed by atoms with Gasteiger partial charge in [-0.15, -0.1) is 11.8 Å². The van der Waals surface area contributed by atoms with Crippen LogP contribution in [0.25, 0.3) is 0 Å². The number of carbonyl (C=O) groups excluding carboxylic acids is 1. The molecular weight excluding hydrogens is 295 g/mol. The van der Waals surface area contributed by atoms with Crippen LogP contribution in [0.2, 0.25) is 5.02 Å². The number of ketones is 1. The van der Waals surface area contributed by atoms with Gasteiger partial charge in [-0.3, -0.25) is 4.79 Å². The van der Waals surface area contributed by atoms with Gasteiger partial charge in [-0.05, 0) is 42.5 Å². The zero-order chi connectivity index (χ0) is 14.5. The van der Waals surface area contributed by atoms with Crippen molar-refractivity contribution in [2.45, 2.75) is 17.7 Å². The maximum Gasteiger partial charge on any atom is 0.163 e. The molecule has 0 unspecified atom stereocenters. The Bertz CT molecular complexity index is 607. The fraction of sp³-hybridized carbons (Fsp3) is 0.188. The summed E-state index contributed by atoms with van der Waals surface area (Å²) in [4.78, 5) is 13.3. The largest absolute Gasteiger partial charge is 0.294 e. The lowest BCUT2D eigenvalue weighted by molar-refractivity contribution is 0.0982. The fourth-order valence-electron chi connectivity index (χ4n) is 2.02. The monoisotopic (exact) mass is 308 g/mol. The van der Waals surface area contributed by atoms with Crippen LogP contribution < -0.4 is 0 Å². The lowest BCUT2D eigenvalue weighted by atomic mass is 10.0. The summed E-state index contributed by atoms with van der Waals surface area (Å²) < 4.78 is 13.2. The molecule has 0 amide bonds. The van der Waals surface area contributed by atoms with Gasteiger partial charge in [0.1, 0.15) is 5.82 Å². The minimum Gasteiger partial charge on any atom is -0.294 e. The molecule has 0 aliphatic carbocycles. The minimum absolute atomic E-state index is 0.0951. The van der Waals surface area contributed by atoms with Crippen molar-refractivity contribution in [3.8, 4) is 0 Å². The molecule has 0 atom stereocenters. The smallest absolute Gasteiger partial charge is 0.163 e. The number of halogens is 2. The molecule has 0 saturated heterocycles. The summed E-state index contributed by atoms with van der Waals surface area (Å²) in [6.07, 6.45) is 2.99. The van der Waals surface area contributed by atoms with Crippen molar-refractivity contribution >= 4 is 29.1 Å². The number of aryl methyl sites for hydroxylation is 1. The Balaban J connectivity index is 2.08. The first-order chi connectivity index (χ1) is 9.60. The molecule has 0 aliphatic rings. The summed E-state index contributed by atoms with van der Waals surface area (Å²) in [5, 5.41) is 0.248. The maximum atomic E-state index is 13.2. The number of thioether (sulfide) groups is 1. The first-order valence-electron chi connectivity index (χ1n) is 6.21. The molecule has 20 heavy (non-hydrogen) atoms. The van der Waals surface area contributed by atoms with Crippen LogP contribution in [0.5, 0.6) is 0 Å². The molecule has 1 nitrogen and oxygen atoms in total. The highest BCUT2D eigenvalue weighted by atomic mass is 35.5. The van der Waals surface area contributed by atoms with Gasteiger partial charge in [0.05, 0.1) is 0 Å². The second kappa shape index (κ2) is 6.91. The van der Waals surface area contributed by atoms with Crippen molar-refractivity contribution in [2.75, 3.05) is 6.26 Å². The van der Waals surface area contributed by atoms with Gasteiger partial charge in [-0.25, -0.2) is 4.39 Å². The van der Waals surface area contributed by atoms with E-state index in [0.29, 0.717) is 18.4 Å². The maximum absolute atomic E-state index is 13.2. The van der Waals surface area contributed by atoms with Crippen LogP contribution in [-0.2, 0) is 6.42 Å². The highest BCUT2D eigenvalue weighted by molar-refractivity contribution is 7.98. The Kier molecular flexibility index (Phi) is 5.21. The number of hydrogen-bond acceptors (Lipinski definition) is 2. The van der Waals surface area contributed by atoms with Crippen LogP contribution in [0.1, 0.15) is 22.3 Å². The van der Waals surface area contributed by atoms with E-state index in [4.69, 9.17) is 11.6 Å². The van der Waals surface area contributed by atoms with Gasteiger partial charge >= 0.3 is 0 Å². The third kappa shape index (κ3) is 3.84. The molecule has 2 aromatic carbocycles. The van der Waals surface area contributed by atoms with Crippen molar-refractivity contribution in [3.05, 3.63) is 64.4 Å². The summed E-state index contributed by atoms with van der Waals surface area (Å²) in [5.74, 6) is -0.576. The predicted octanol–water partition coefficient (Wildman–Crippen LogP) is 5.02. The second-order valence-corrected chi connectivity index (χ2v) is 5.68. The summed E-state index contributed by atoms with van der Waals surface area (Å²) >= 11 is 7.42. The number of rotatable bonds is 5. The molecule has 0 heterocycles. The van der Waals surface area contributed by atoms with Crippen LogP contribution >= 0.6 is 23.4 Å². The number of Topliss-reactive ketones (excluding diaryl/α,β-unsaturated/α-hetero) is 1. The standard InChI is InChI=1S/C16H14ClFOS/c1-20-16-5-3-2-4-11(16)6-7-15(19)12-8-13(17)10-14(18)9-12/h2-5,8-10H,6-7H2,1H3. The molecule has 2 rings (SSSR count). The highest BCUT2D eigenvalue weighted by Gasteiger charge is 2.10. The molecule has 2 aromatic rings. The summed E-state index contributed by atoms with van der Waals surface area (Å²) in [5.41, 5.74) is 1.47. The Hall–Kier alpha value is -1.32. The van der Waals surface area contributed by atoms with E-state index < -0.39 is 5.82 Å². The SMILES string of the molecule is CSc1ccccc1CCC(=O)c1cc(F)cc(Cl)c1. The molecule has 0 N–H and O–H groups in total. The Morgan fingerprint density at radius 2 is 2.00 bits per heavy atom. The lowest BCUT2D eigenvalue weighted by Gasteiger charge is -2.07. The van der Waals surface area contributed by atoms with E-state index in [1.807, 2.05) is 30.5 Å². The first kappa shape index (κ1) is 15.1. The van der Waals surface area contributed by atoms with Crippen LogP contribution in [-0.4, -0.2) is 12.0 Å². The van der Waals surface area contributed by atoms with Crippen molar-refractivity contribution in [3.63, 3.8) is 0 Å². The Morgan fingerprint density at radius 3 is 2.70 bits per heavy atom. The molecule has 0 spiro atoms. The summed E-state index contributed by atoms with van der Waals surface area (Å²) in [6, 6.07) is 11.9. The Labute approximate surface area is 127 Å². The van der Waals surface area contributed by atoms with Gasteiger partial charge in [-0.1, -0.05) is 29.8 Å². The summed E-state index contributed by atoms with van der Waals surface area (Å²) in [7, 11) is 0. The minimum atomic E-state index is -0.481. The third-order valence-corrected chi connectivity index (χ3v) is 4.05. The zero-order valence-corrected chi connectivity index (χ0v) is 12.6. The average molecular weight is 309 g/mol. The number of hydrogen-bond donors (Lipinski definition) is 0. The van der Waals surface area contributed by atoms with Crippen molar-refractivity contribution in [1.29, 1.82) is 0 Å². The van der Waals surface area contributed by atoms with E-state index in [9.17, 15) is 9.18 Å². The lowest BCUT2D eigenvalue weighted by Crippen LogP contribution is -2.02. The molecule has 4 heteroatoms. The number of carbonyl (C=O) groups is 1. The van der Waals surface area contributed by atoms with Gasteiger partial charge in [0.15, 0.2) is 5.78 Å². The van der Waals surface area contributed by atoms with E-state index in [1.54, 1.807) is 11.8 Å². The fourth-order valence-corrected chi connectivity index (χ4v) is 2.89. The van der Waals surface area contributed by atoms with Gasteiger partial charge in [0, 0.05) is 21.9 Å². The van der Waals surface area contributed by atoms with E-state index in [1.165, 1.54) is 18.2 Å². The molecular formula is C16H14ClFOS. The molecule has 104 valence electrons. The quantitative estimate of drug-likeness (QED) is 0.570. The predicted molar refractivity (Wildman–Crippen MR) is 82.3 cm³/mol. The van der Waals surface area contributed by atoms with Gasteiger partial charge in [0.25, 0.3) is 0 Å². The van der Waals surface area contributed by atoms with Crippen LogP contribution in [0.15, 0.2) is 47.4 Å². The molecule has 0 radical (unpaired) electrons. The Morgan fingerprint density at radius 1 is 1.25 bits per heavy atom. The normalized spacial score (nSPS) is 10.6. The topological polar surface area (TPSA) is 17.1 Å². The van der Waals surface area contributed by atoms with Crippen LogP contribution in [0, 0.1) is 5.82 Å². The van der Waals surface area contributed by atoms with Gasteiger partial charge in [0.2, 0.25) is 0 Å². The van der Waals surface area contributed by atoms with E-state index in [2.05, 4.69) is 0 Å². The number of benzene rings is 2. The molecule has 0 aromatic heterocycles. The van der Waals surface area contributed by atoms with Gasteiger partial charge in [-0.2, -0.15) is 0 Å². The average Bonchev–Trinajstić information content (AvgIpc) is 2.44. The van der Waals surface area contributed by atoms with Crippen LogP contribution in [0.4, 0.5) is 4.39 Å². The van der Waals surface area contributed by atoms with Crippen molar-refractivity contribution in [2.24, 2.45) is 0 Å². The molecule has 0 saturated carbocycles. The van der Waals surface area contributed by atoms with Crippen molar-refractivity contribution in [1.82, 2.24) is 0 Å². The second-order valence-electron chi connectivity index (χ2n) is 4.39. The highest BCUT2D eigenvalue weighted by Crippen LogP contribution is 2.22. The van der Waals surface area contributed by atoms with E-state index in [0.717, 1.165) is 10.5 Å².